The molecule has 0 unspecified atom stereocenters. The van der Waals surface area contributed by atoms with Gasteiger partial charge < -0.3 is 14.7 Å². The van der Waals surface area contributed by atoms with Gasteiger partial charge in [-0.2, -0.15) is 0 Å². The molecule has 1 aliphatic rings. The van der Waals surface area contributed by atoms with Crippen molar-refractivity contribution in [1.82, 2.24) is 9.88 Å². The number of aromatic nitrogens is 1. The highest BCUT2D eigenvalue weighted by Gasteiger charge is 2.20. The Morgan fingerprint density at radius 2 is 1.92 bits per heavy atom. The predicted octanol–water partition coefficient (Wildman–Crippen LogP) is 2.95. The van der Waals surface area contributed by atoms with E-state index in [1.54, 1.807) is 18.2 Å². The van der Waals surface area contributed by atoms with E-state index in [0.717, 1.165) is 32.0 Å². The third-order valence-corrected chi connectivity index (χ3v) is 4.67. The molecule has 0 saturated carbocycles. The van der Waals surface area contributed by atoms with E-state index in [1.165, 1.54) is 0 Å². The second kappa shape index (κ2) is 8.72. The SMILES string of the molecule is O[C@@H](COc1ccc(Cl)cc1Cl)CN1CCN(c2ccccn2)CC1. The second-order valence-electron chi connectivity index (χ2n) is 6.02. The number of anilines is 1. The standard InChI is InChI=1S/C18H21Cl2N3O2/c19-14-4-5-17(16(20)11-14)25-13-15(24)12-22-7-9-23(10-8-22)18-3-1-2-6-21-18/h1-6,11,15,24H,7-10,12-13H2/t15-/m1/s1. The average Bonchev–Trinajstić information content (AvgIpc) is 2.62. The Morgan fingerprint density at radius 1 is 1.12 bits per heavy atom. The Bertz CT molecular complexity index is 679. The number of ether oxygens (including phenoxy) is 1. The molecule has 134 valence electrons. The van der Waals surface area contributed by atoms with E-state index in [9.17, 15) is 5.11 Å². The number of aliphatic hydroxyl groups excluding tert-OH is 1. The lowest BCUT2D eigenvalue weighted by molar-refractivity contribution is 0.0663. The summed E-state index contributed by atoms with van der Waals surface area (Å²) in [5.41, 5.74) is 0. The molecule has 0 aliphatic carbocycles. The molecular weight excluding hydrogens is 361 g/mol. The fourth-order valence-corrected chi connectivity index (χ4v) is 3.29. The Morgan fingerprint density at radius 3 is 2.60 bits per heavy atom. The van der Waals surface area contributed by atoms with Gasteiger partial charge in [0.1, 0.15) is 24.3 Å². The molecule has 2 heterocycles. The van der Waals surface area contributed by atoms with Gasteiger partial charge in [0, 0.05) is 43.9 Å². The van der Waals surface area contributed by atoms with Crippen LogP contribution in [0.5, 0.6) is 5.75 Å². The van der Waals surface area contributed by atoms with Crippen LogP contribution in [-0.4, -0.2) is 60.4 Å². The van der Waals surface area contributed by atoms with Crippen molar-refractivity contribution in [3.8, 4) is 5.75 Å². The molecule has 1 fully saturated rings. The van der Waals surface area contributed by atoms with Crippen LogP contribution in [0.25, 0.3) is 0 Å². The van der Waals surface area contributed by atoms with Gasteiger partial charge in [-0.05, 0) is 30.3 Å². The molecular formula is C18H21Cl2N3O2. The van der Waals surface area contributed by atoms with Crippen LogP contribution < -0.4 is 9.64 Å². The topological polar surface area (TPSA) is 48.8 Å². The molecule has 0 radical (unpaired) electrons. The fraction of sp³-hybridized carbons (Fsp3) is 0.389. The molecule has 5 nitrogen and oxygen atoms in total. The Kier molecular flexibility index (Phi) is 6.37. The molecule has 1 N–H and O–H groups in total. The van der Waals surface area contributed by atoms with E-state index in [2.05, 4.69) is 14.8 Å². The van der Waals surface area contributed by atoms with Gasteiger partial charge in [0.25, 0.3) is 0 Å². The van der Waals surface area contributed by atoms with Crippen molar-refractivity contribution in [2.24, 2.45) is 0 Å². The van der Waals surface area contributed by atoms with Gasteiger partial charge in [0.05, 0.1) is 5.02 Å². The number of pyridine rings is 1. The summed E-state index contributed by atoms with van der Waals surface area (Å²) in [5.74, 6) is 1.54. The van der Waals surface area contributed by atoms with Crippen LogP contribution in [-0.2, 0) is 0 Å². The smallest absolute Gasteiger partial charge is 0.138 e. The maximum Gasteiger partial charge on any atom is 0.138 e. The normalized spacial score (nSPS) is 16.7. The molecule has 7 heteroatoms. The van der Waals surface area contributed by atoms with Gasteiger partial charge in [-0.3, -0.25) is 4.90 Å². The maximum absolute atomic E-state index is 10.2. The lowest BCUT2D eigenvalue weighted by Crippen LogP contribution is -2.49. The monoisotopic (exact) mass is 381 g/mol. The van der Waals surface area contributed by atoms with E-state index < -0.39 is 6.10 Å². The van der Waals surface area contributed by atoms with E-state index in [0.29, 0.717) is 22.3 Å². The van der Waals surface area contributed by atoms with Gasteiger partial charge in [-0.15, -0.1) is 0 Å². The van der Waals surface area contributed by atoms with Gasteiger partial charge in [0.2, 0.25) is 0 Å². The van der Waals surface area contributed by atoms with Crippen molar-refractivity contribution in [2.45, 2.75) is 6.10 Å². The summed E-state index contributed by atoms with van der Waals surface area (Å²) in [4.78, 5) is 8.87. The van der Waals surface area contributed by atoms with E-state index in [1.807, 2.05) is 24.4 Å². The number of piperazine rings is 1. The van der Waals surface area contributed by atoms with Crippen LogP contribution in [0, 0.1) is 0 Å². The Balaban J connectivity index is 1.42. The fourth-order valence-electron chi connectivity index (χ4n) is 2.83. The van der Waals surface area contributed by atoms with Crippen molar-refractivity contribution >= 4 is 29.0 Å². The van der Waals surface area contributed by atoms with Gasteiger partial charge in [-0.25, -0.2) is 4.98 Å². The molecule has 1 saturated heterocycles. The number of halogens is 2. The summed E-state index contributed by atoms with van der Waals surface area (Å²) in [6, 6.07) is 11.0. The zero-order valence-electron chi connectivity index (χ0n) is 13.8. The van der Waals surface area contributed by atoms with Crippen LogP contribution in [0.15, 0.2) is 42.6 Å². The summed E-state index contributed by atoms with van der Waals surface area (Å²) < 4.78 is 5.60. The maximum atomic E-state index is 10.2. The van der Waals surface area contributed by atoms with Crippen LogP contribution in [0.3, 0.4) is 0 Å². The average molecular weight is 382 g/mol. The lowest BCUT2D eigenvalue weighted by atomic mass is 10.2. The molecule has 1 aliphatic heterocycles. The van der Waals surface area contributed by atoms with Gasteiger partial charge in [-0.1, -0.05) is 29.3 Å². The molecule has 1 atom stereocenters. The number of rotatable bonds is 6. The zero-order valence-corrected chi connectivity index (χ0v) is 15.3. The Labute approximate surface area is 157 Å². The highest BCUT2D eigenvalue weighted by atomic mass is 35.5. The van der Waals surface area contributed by atoms with Crippen molar-refractivity contribution in [1.29, 1.82) is 0 Å². The number of aliphatic hydroxyl groups is 1. The minimum absolute atomic E-state index is 0.196. The second-order valence-corrected chi connectivity index (χ2v) is 6.86. The number of hydrogen-bond acceptors (Lipinski definition) is 5. The summed E-state index contributed by atoms with van der Waals surface area (Å²) >= 11 is 11.9. The van der Waals surface area contributed by atoms with Crippen LogP contribution in [0.1, 0.15) is 0 Å². The molecule has 0 spiro atoms. The largest absolute Gasteiger partial charge is 0.489 e. The van der Waals surface area contributed by atoms with Crippen molar-refractivity contribution in [3.63, 3.8) is 0 Å². The third-order valence-electron chi connectivity index (χ3n) is 4.14. The summed E-state index contributed by atoms with van der Waals surface area (Å²) in [5, 5.41) is 11.2. The quantitative estimate of drug-likeness (QED) is 0.833. The summed E-state index contributed by atoms with van der Waals surface area (Å²) in [6.07, 6.45) is 1.23. The highest BCUT2D eigenvalue weighted by molar-refractivity contribution is 6.35. The van der Waals surface area contributed by atoms with Crippen LogP contribution in [0.4, 0.5) is 5.82 Å². The van der Waals surface area contributed by atoms with E-state index in [4.69, 9.17) is 27.9 Å². The minimum Gasteiger partial charge on any atom is -0.489 e. The molecule has 1 aromatic heterocycles. The van der Waals surface area contributed by atoms with Crippen molar-refractivity contribution < 1.29 is 9.84 Å². The lowest BCUT2D eigenvalue weighted by Gasteiger charge is -2.36. The van der Waals surface area contributed by atoms with Gasteiger partial charge >= 0.3 is 0 Å². The summed E-state index contributed by atoms with van der Waals surface area (Å²) in [6.45, 7) is 4.33. The predicted molar refractivity (Wildman–Crippen MR) is 101 cm³/mol. The molecule has 3 rings (SSSR count). The molecule has 0 bridgehead atoms. The number of hydrogen-bond donors (Lipinski definition) is 1. The minimum atomic E-state index is -0.576. The molecule has 0 amide bonds. The third kappa shape index (κ3) is 5.22. The van der Waals surface area contributed by atoms with Crippen molar-refractivity contribution in [3.05, 3.63) is 52.6 Å². The number of nitrogens with zero attached hydrogens (tertiary/aromatic N) is 3. The van der Waals surface area contributed by atoms with Crippen molar-refractivity contribution in [2.75, 3.05) is 44.2 Å². The molecule has 1 aromatic carbocycles. The van der Waals surface area contributed by atoms with E-state index in [-0.39, 0.29) is 6.61 Å². The first-order valence-electron chi connectivity index (χ1n) is 8.26. The van der Waals surface area contributed by atoms with E-state index >= 15 is 0 Å². The zero-order chi connectivity index (χ0) is 17.6. The molecule has 25 heavy (non-hydrogen) atoms. The Hall–Kier alpha value is -1.53. The van der Waals surface area contributed by atoms with Crippen LogP contribution >= 0.6 is 23.2 Å². The summed E-state index contributed by atoms with van der Waals surface area (Å²) in [7, 11) is 0. The number of β-amino-alcohol motifs (C(OH)–C–C–N with tert-alkyl or cyclic N) is 1. The van der Waals surface area contributed by atoms with Gasteiger partial charge in [0.15, 0.2) is 0 Å². The van der Waals surface area contributed by atoms with Crippen LogP contribution in [0.2, 0.25) is 10.0 Å². The highest BCUT2D eigenvalue weighted by Crippen LogP contribution is 2.27. The first kappa shape index (κ1) is 18.3. The first-order valence-corrected chi connectivity index (χ1v) is 9.01. The molecule has 2 aromatic rings. The number of benzene rings is 1. The first-order chi connectivity index (χ1) is 12.1.